The SMILES string of the molecule is CO/C=C(/C(=O)OC)c1ccccc1CO/N=C(C)/C(=N\OC)c1ccc(C2=CCC(C)=C(C)C2)cc1. The molecule has 0 amide bonds. The number of benzene rings is 2. The van der Waals surface area contributed by atoms with Crippen LogP contribution in [-0.2, 0) is 30.6 Å². The molecule has 0 atom stereocenters. The fraction of sp³-hybridized carbons (Fsp3) is 0.300. The van der Waals surface area contributed by atoms with E-state index in [2.05, 4.69) is 42.4 Å². The number of carbonyl (C=O) groups excluding carboxylic acids is 1. The number of rotatable bonds is 10. The van der Waals surface area contributed by atoms with Gasteiger partial charge in [0.05, 0.1) is 20.5 Å². The van der Waals surface area contributed by atoms with Crippen LogP contribution in [0.15, 0.2) is 82.3 Å². The summed E-state index contributed by atoms with van der Waals surface area (Å²) in [4.78, 5) is 23.0. The lowest BCUT2D eigenvalue weighted by molar-refractivity contribution is -0.133. The Hall–Kier alpha value is -4.13. The molecule has 194 valence electrons. The van der Waals surface area contributed by atoms with Crippen LogP contribution in [-0.4, -0.2) is 38.7 Å². The molecule has 0 heterocycles. The molecular formula is C30H34N2O5. The summed E-state index contributed by atoms with van der Waals surface area (Å²) in [5.74, 6) is -0.503. The Morgan fingerprint density at radius 1 is 0.973 bits per heavy atom. The molecule has 0 aromatic heterocycles. The first-order chi connectivity index (χ1) is 17.9. The van der Waals surface area contributed by atoms with Gasteiger partial charge < -0.3 is 19.1 Å². The van der Waals surface area contributed by atoms with Crippen molar-refractivity contribution in [3.05, 3.63) is 94.3 Å². The van der Waals surface area contributed by atoms with Crippen LogP contribution in [0.2, 0.25) is 0 Å². The molecule has 0 saturated heterocycles. The number of hydrogen-bond donors (Lipinski definition) is 0. The smallest absolute Gasteiger partial charge is 0.341 e. The van der Waals surface area contributed by atoms with Gasteiger partial charge in [0.15, 0.2) is 0 Å². The number of allylic oxidation sites excluding steroid dienone is 4. The maximum Gasteiger partial charge on any atom is 0.341 e. The number of carbonyl (C=O) groups is 1. The van der Waals surface area contributed by atoms with E-state index in [1.165, 1.54) is 49.9 Å². The molecule has 2 aromatic carbocycles. The van der Waals surface area contributed by atoms with Crippen molar-refractivity contribution in [2.24, 2.45) is 10.3 Å². The van der Waals surface area contributed by atoms with E-state index >= 15 is 0 Å². The summed E-state index contributed by atoms with van der Waals surface area (Å²) < 4.78 is 9.97. The molecule has 0 N–H and O–H groups in total. The second-order valence-electron chi connectivity index (χ2n) is 8.74. The van der Waals surface area contributed by atoms with Crippen LogP contribution in [0.5, 0.6) is 0 Å². The summed E-state index contributed by atoms with van der Waals surface area (Å²) in [6.07, 6.45) is 5.62. The molecule has 7 heteroatoms. The van der Waals surface area contributed by atoms with Crippen LogP contribution in [0, 0.1) is 0 Å². The molecule has 0 bridgehead atoms. The first-order valence-electron chi connectivity index (χ1n) is 12.0. The van der Waals surface area contributed by atoms with Crippen molar-refractivity contribution in [2.75, 3.05) is 21.3 Å². The Morgan fingerprint density at radius 2 is 1.70 bits per heavy atom. The highest BCUT2D eigenvalue weighted by atomic mass is 16.6. The van der Waals surface area contributed by atoms with Crippen molar-refractivity contribution in [3.8, 4) is 0 Å². The predicted octanol–water partition coefficient (Wildman–Crippen LogP) is 6.30. The van der Waals surface area contributed by atoms with Gasteiger partial charge in [0.25, 0.3) is 0 Å². The molecule has 3 rings (SSSR count). The molecule has 0 saturated carbocycles. The average molecular weight is 503 g/mol. The van der Waals surface area contributed by atoms with Gasteiger partial charge in [-0.1, -0.05) is 76.1 Å². The van der Waals surface area contributed by atoms with E-state index in [0.29, 0.717) is 22.6 Å². The lowest BCUT2D eigenvalue weighted by Gasteiger charge is -2.17. The van der Waals surface area contributed by atoms with E-state index in [-0.39, 0.29) is 6.61 Å². The molecule has 2 aromatic rings. The zero-order valence-electron chi connectivity index (χ0n) is 22.3. The monoisotopic (exact) mass is 502 g/mol. The highest BCUT2D eigenvalue weighted by Gasteiger charge is 2.17. The van der Waals surface area contributed by atoms with Crippen molar-refractivity contribution >= 4 is 28.5 Å². The largest absolute Gasteiger partial charge is 0.503 e. The summed E-state index contributed by atoms with van der Waals surface area (Å²) in [7, 11) is 4.30. The molecular weight excluding hydrogens is 468 g/mol. The second kappa shape index (κ2) is 13.3. The van der Waals surface area contributed by atoms with E-state index in [9.17, 15) is 4.79 Å². The average Bonchev–Trinajstić information content (AvgIpc) is 2.92. The van der Waals surface area contributed by atoms with Gasteiger partial charge in [0, 0.05) is 11.1 Å². The number of nitrogens with zero attached hydrogens (tertiary/aromatic N) is 2. The Balaban J connectivity index is 1.77. The maximum atomic E-state index is 12.2. The molecule has 37 heavy (non-hydrogen) atoms. The van der Waals surface area contributed by atoms with Gasteiger partial charge in [-0.25, -0.2) is 4.79 Å². The number of ether oxygens (including phenoxy) is 2. The first-order valence-corrected chi connectivity index (χ1v) is 12.0. The lowest BCUT2D eigenvalue weighted by Crippen LogP contribution is -2.14. The summed E-state index contributed by atoms with van der Waals surface area (Å²) in [5, 5.41) is 8.46. The maximum absolute atomic E-state index is 12.2. The summed E-state index contributed by atoms with van der Waals surface area (Å²) in [5.41, 5.74) is 9.08. The topological polar surface area (TPSA) is 78.7 Å². The summed E-state index contributed by atoms with van der Waals surface area (Å²) in [6, 6.07) is 15.6. The molecule has 0 aliphatic heterocycles. The third-order valence-electron chi connectivity index (χ3n) is 6.26. The van der Waals surface area contributed by atoms with Gasteiger partial charge in [0.1, 0.15) is 30.7 Å². The standard InChI is InChI=1S/C30H34N2O5/c1-20-11-12-25(17-21(20)2)23-13-15-24(16-14-23)29(32-36-6)22(3)31-37-18-26-9-7-8-10-27(26)28(19-34-4)30(33)35-5/h7-10,12-16,19H,11,17-18H2,1-6H3/b28-19+,31-22+,32-29+. The lowest BCUT2D eigenvalue weighted by atomic mass is 9.89. The third-order valence-corrected chi connectivity index (χ3v) is 6.26. The minimum atomic E-state index is -0.503. The Morgan fingerprint density at radius 3 is 2.35 bits per heavy atom. The number of oxime groups is 2. The molecule has 1 aliphatic rings. The zero-order chi connectivity index (χ0) is 26.8. The van der Waals surface area contributed by atoms with E-state index in [0.717, 1.165) is 24.0 Å². The van der Waals surface area contributed by atoms with Crippen LogP contribution in [0.4, 0.5) is 0 Å². The quantitative estimate of drug-likeness (QED) is 0.0951. The van der Waals surface area contributed by atoms with Crippen LogP contribution in [0.3, 0.4) is 0 Å². The van der Waals surface area contributed by atoms with Crippen molar-refractivity contribution in [1.82, 2.24) is 0 Å². The first kappa shape index (κ1) is 27.5. The van der Waals surface area contributed by atoms with Crippen molar-refractivity contribution < 1.29 is 23.9 Å². The van der Waals surface area contributed by atoms with E-state index in [4.69, 9.17) is 19.1 Å². The number of hydrogen-bond acceptors (Lipinski definition) is 7. The Kier molecular flexibility index (Phi) is 9.84. The summed E-state index contributed by atoms with van der Waals surface area (Å²) in [6.45, 7) is 6.33. The Labute approximate surface area is 218 Å². The van der Waals surface area contributed by atoms with Crippen LogP contribution in [0.1, 0.15) is 55.9 Å². The molecule has 0 fully saturated rings. The highest BCUT2D eigenvalue weighted by Crippen LogP contribution is 2.30. The zero-order valence-corrected chi connectivity index (χ0v) is 22.3. The predicted molar refractivity (Wildman–Crippen MR) is 147 cm³/mol. The van der Waals surface area contributed by atoms with Crippen LogP contribution >= 0.6 is 0 Å². The van der Waals surface area contributed by atoms with Crippen molar-refractivity contribution in [1.29, 1.82) is 0 Å². The molecule has 1 aliphatic carbocycles. The minimum absolute atomic E-state index is 0.130. The highest BCUT2D eigenvalue weighted by molar-refractivity contribution is 6.47. The fourth-order valence-electron chi connectivity index (χ4n) is 4.04. The Bertz CT molecular complexity index is 1270. The minimum Gasteiger partial charge on any atom is -0.503 e. The van der Waals surface area contributed by atoms with E-state index in [1.54, 1.807) is 6.07 Å². The second-order valence-corrected chi connectivity index (χ2v) is 8.74. The van der Waals surface area contributed by atoms with E-state index < -0.39 is 5.97 Å². The van der Waals surface area contributed by atoms with Gasteiger partial charge >= 0.3 is 5.97 Å². The van der Waals surface area contributed by atoms with Crippen molar-refractivity contribution in [3.63, 3.8) is 0 Å². The molecule has 7 nitrogen and oxygen atoms in total. The van der Waals surface area contributed by atoms with Gasteiger partial charge in [-0.2, -0.15) is 0 Å². The molecule has 0 unspecified atom stereocenters. The normalized spacial score (nSPS) is 14.8. The van der Waals surface area contributed by atoms with Crippen LogP contribution < -0.4 is 0 Å². The molecule has 0 radical (unpaired) electrons. The fourth-order valence-corrected chi connectivity index (χ4v) is 4.04. The third kappa shape index (κ3) is 6.97. The van der Waals surface area contributed by atoms with Crippen molar-refractivity contribution in [2.45, 2.75) is 40.2 Å². The van der Waals surface area contributed by atoms with Gasteiger partial charge in [-0.05, 0) is 50.3 Å². The summed E-state index contributed by atoms with van der Waals surface area (Å²) >= 11 is 0. The molecule has 0 spiro atoms. The number of methoxy groups -OCH3 is 2. The van der Waals surface area contributed by atoms with Crippen LogP contribution in [0.25, 0.3) is 11.1 Å². The number of esters is 1. The van der Waals surface area contributed by atoms with Gasteiger partial charge in [0.2, 0.25) is 0 Å². The van der Waals surface area contributed by atoms with E-state index in [1.807, 2.05) is 37.3 Å². The van der Waals surface area contributed by atoms with Gasteiger partial charge in [-0.3, -0.25) is 0 Å². The van der Waals surface area contributed by atoms with Gasteiger partial charge in [-0.15, -0.1) is 0 Å².